The number of benzene rings is 2. The number of ether oxygens (including phenoxy) is 2. The number of urea groups is 1. The number of amides is 3. The molecule has 0 atom stereocenters. The standard InChI is InChI=1S/C19H20ClN3O7S/c1-21-19(26)23-17(24)11-30-18(25)13-5-8-15(29-2)16(9-13)31(27,28)22-10-12-3-6-14(20)7-4-12/h3-9,22H,10-11H2,1-2H3,(H2,21,23,24,26). The highest BCUT2D eigenvalue weighted by atomic mass is 35.5. The number of hydrogen-bond donors (Lipinski definition) is 3. The lowest BCUT2D eigenvalue weighted by atomic mass is 10.2. The molecule has 2 aromatic carbocycles. The molecule has 3 amide bonds. The maximum absolute atomic E-state index is 12.8. The molecule has 0 aliphatic rings. The van der Waals surface area contributed by atoms with Gasteiger partial charge in [0.25, 0.3) is 5.91 Å². The second-order valence-corrected chi connectivity index (χ2v) is 8.19. The van der Waals surface area contributed by atoms with E-state index in [9.17, 15) is 22.8 Å². The van der Waals surface area contributed by atoms with Crippen molar-refractivity contribution in [3.63, 3.8) is 0 Å². The highest BCUT2D eigenvalue weighted by Gasteiger charge is 2.22. The van der Waals surface area contributed by atoms with Gasteiger partial charge in [0.15, 0.2) is 6.61 Å². The molecule has 166 valence electrons. The zero-order valence-corrected chi connectivity index (χ0v) is 18.2. The molecule has 0 fully saturated rings. The van der Waals surface area contributed by atoms with Crippen LogP contribution in [-0.4, -0.2) is 47.1 Å². The molecular formula is C19H20ClN3O7S. The number of imide groups is 1. The fourth-order valence-electron chi connectivity index (χ4n) is 2.31. The Labute approximate surface area is 183 Å². The summed E-state index contributed by atoms with van der Waals surface area (Å²) < 4.78 is 37.9. The molecular weight excluding hydrogens is 450 g/mol. The summed E-state index contributed by atoms with van der Waals surface area (Å²) in [5.41, 5.74) is 0.546. The molecule has 12 heteroatoms. The van der Waals surface area contributed by atoms with Crippen molar-refractivity contribution < 1.29 is 32.3 Å². The monoisotopic (exact) mass is 469 g/mol. The molecule has 0 heterocycles. The lowest BCUT2D eigenvalue weighted by Crippen LogP contribution is -2.39. The van der Waals surface area contributed by atoms with Crippen molar-refractivity contribution in [1.29, 1.82) is 0 Å². The zero-order chi connectivity index (χ0) is 23.0. The molecule has 0 unspecified atom stereocenters. The van der Waals surface area contributed by atoms with Gasteiger partial charge in [-0.05, 0) is 35.9 Å². The first-order valence-electron chi connectivity index (χ1n) is 8.77. The molecule has 3 N–H and O–H groups in total. The largest absolute Gasteiger partial charge is 0.495 e. The summed E-state index contributed by atoms with van der Waals surface area (Å²) in [6, 6.07) is 9.48. The molecule has 10 nitrogen and oxygen atoms in total. The van der Waals surface area contributed by atoms with Gasteiger partial charge >= 0.3 is 12.0 Å². The number of rotatable bonds is 8. The first kappa shape index (κ1) is 24.1. The molecule has 31 heavy (non-hydrogen) atoms. The predicted octanol–water partition coefficient (Wildman–Crippen LogP) is 1.44. The van der Waals surface area contributed by atoms with Crippen LogP contribution in [0.3, 0.4) is 0 Å². The minimum atomic E-state index is -4.07. The quantitative estimate of drug-likeness (QED) is 0.497. The Hall–Kier alpha value is -3.15. The molecule has 0 aliphatic carbocycles. The number of halogens is 1. The van der Waals surface area contributed by atoms with Crippen molar-refractivity contribution in [2.75, 3.05) is 20.8 Å². The van der Waals surface area contributed by atoms with Crippen LogP contribution < -0.4 is 20.1 Å². The van der Waals surface area contributed by atoms with Crippen LogP contribution in [0.4, 0.5) is 4.79 Å². The van der Waals surface area contributed by atoms with E-state index in [1.807, 2.05) is 5.32 Å². The van der Waals surface area contributed by atoms with Gasteiger partial charge in [-0.2, -0.15) is 0 Å². The Morgan fingerprint density at radius 3 is 2.35 bits per heavy atom. The Morgan fingerprint density at radius 1 is 1.06 bits per heavy atom. The average Bonchev–Trinajstić information content (AvgIpc) is 2.76. The molecule has 0 saturated heterocycles. The number of hydrogen-bond acceptors (Lipinski definition) is 7. The van der Waals surface area contributed by atoms with Gasteiger partial charge in [-0.3, -0.25) is 10.1 Å². The van der Waals surface area contributed by atoms with Crippen LogP contribution >= 0.6 is 11.6 Å². The molecule has 2 aromatic rings. The van der Waals surface area contributed by atoms with Crippen molar-refractivity contribution in [3.05, 3.63) is 58.6 Å². The maximum atomic E-state index is 12.8. The van der Waals surface area contributed by atoms with Crippen LogP contribution in [0, 0.1) is 0 Å². The van der Waals surface area contributed by atoms with Gasteiger partial charge in [0.05, 0.1) is 12.7 Å². The Morgan fingerprint density at radius 2 is 1.74 bits per heavy atom. The summed E-state index contributed by atoms with van der Waals surface area (Å²) in [6.07, 6.45) is 0. The van der Waals surface area contributed by atoms with Gasteiger partial charge in [-0.25, -0.2) is 22.7 Å². The second kappa shape index (κ2) is 10.8. The number of sulfonamides is 1. The Bertz CT molecular complexity index is 1070. The summed E-state index contributed by atoms with van der Waals surface area (Å²) in [6.45, 7) is -0.744. The van der Waals surface area contributed by atoms with E-state index in [4.69, 9.17) is 21.1 Å². The van der Waals surface area contributed by atoms with Gasteiger partial charge < -0.3 is 14.8 Å². The third-order valence-corrected chi connectivity index (χ3v) is 5.56. The molecule has 0 spiro atoms. The van der Waals surface area contributed by atoms with E-state index in [0.29, 0.717) is 10.6 Å². The van der Waals surface area contributed by atoms with E-state index in [1.54, 1.807) is 24.3 Å². The lowest BCUT2D eigenvalue weighted by molar-refractivity contribution is -0.123. The normalized spacial score (nSPS) is 10.8. The van der Waals surface area contributed by atoms with Crippen LogP contribution in [0.25, 0.3) is 0 Å². The topological polar surface area (TPSA) is 140 Å². The molecule has 0 aliphatic heterocycles. The highest BCUT2D eigenvalue weighted by molar-refractivity contribution is 7.89. The average molecular weight is 470 g/mol. The fraction of sp³-hybridized carbons (Fsp3) is 0.211. The maximum Gasteiger partial charge on any atom is 0.338 e. The van der Waals surface area contributed by atoms with Crippen molar-refractivity contribution in [2.24, 2.45) is 0 Å². The Balaban J connectivity index is 2.14. The van der Waals surface area contributed by atoms with E-state index in [2.05, 4.69) is 10.0 Å². The van der Waals surface area contributed by atoms with Crippen molar-refractivity contribution in [1.82, 2.24) is 15.4 Å². The molecule has 0 bridgehead atoms. The second-order valence-electron chi connectivity index (χ2n) is 6.02. The third-order valence-electron chi connectivity index (χ3n) is 3.88. The van der Waals surface area contributed by atoms with Crippen LogP contribution in [0.1, 0.15) is 15.9 Å². The molecule has 0 aromatic heterocycles. The van der Waals surface area contributed by atoms with E-state index >= 15 is 0 Å². The fourth-order valence-corrected chi connectivity index (χ4v) is 3.65. The van der Waals surface area contributed by atoms with Crippen molar-refractivity contribution in [3.8, 4) is 5.75 Å². The number of nitrogens with one attached hydrogen (secondary N) is 3. The van der Waals surface area contributed by atoms with Crippen LogP contribution in [0.2, 0.25) is 5.02 Å². The van der Waals surface area contributed by atoms with Crippen molar-refractivity contribution >= 4 is 39.5 Å². The van der Waals surface area contributed by atoms with E-state index in [-0.39, 0.29) is 22.8 Å². The van der Waals surface area contributed by atoms with Gasteiger partial charge in [0.1, 0.15) is 10.6 Å². The number of carbonyl (C=O) groups excluding carboxylic acids is 3. The van der Waals surface area contributed by atoms with E-state index in [1.165, 1.54) is 26.3 Å². The van der Waals surface area contributed by atoms with Crippen molar-refractivity contribution in [2.45, 2.75) is 11.4 Å². The Kier molecular flexibility index (Phi) is 8.37. The summed E-state index contributed by atoms with van der Waals surface area (Å²) in [7, 11) is -1.47. The number of methoxy groups -OCH3 is 1. The minimum Gasteiger partial charge on any atom is -0.495 e. The van der Waals surface area contributed by atoms with Gasteiger partial charge in [0.2, 0.25) is 10.0 Å². The summed E-state index contributed by atoms with van der Waals surface area (Å²) in [5.74, 6) is -1.79. The first-order chi connectivity index (χ1) is 14.7. The van der Waals surface area contributed by atoms with Gasteiger partial charge in [0, 0.05) is 18.6 Å². The van der Waals surface area contributed by atoms with Crippen LogP contribution in [0.5, 0.6) is 5.75 Å². The van der Waals surface area contributed by atoms with Crippen LogP contribution in [0.15, 0.2) is 47.4 Å². The summed E-state index contributed by atoms with van der Waals surface area (Å²) in [4.78, 5) is 34.5. The van der Waals surface area contributed by atoms with Crippen LogP contribution in [-0.2, 0) is 26.1 Å². The SMILES string of the molecule is CNC(=O)NC(=O)COC(=O)c1ccc(OC)c(S(=O)(=O)NCc2ccc(Cl)cc2)c1. The minimum absolute atomic E-state index is 0.0116. The lowest BCUT2D eigenvalue weighted by Gasteiger charge is -2.12. The number of carbonyl (C=O) groups is 3. The predicted molar refractivity (Wildman–Crippen MR) is 111 cm³/mol. The molecule has 0 saturated carbocycles. The van der Waals surface area contributed by atoms with E-state index in [0.717, 1.165) is 6.07 Å². The molecule has 2 rings (SSSR count). The highest BCUT2D eigenvalue weighted by Crippen LogP contribution is 2.25. The first-order valence-corrected chi connectivity index (χ1v) is 10.6. The number of esters is 1. The van der Waals surface area contributed by atoms with Gasteiger partial charge in [-0.15, -0.1) is 0 Å². The van der Waals surface area contributed by atoms with Gasteiger partial charge in [-0.1, -0.05) is 23.7 Å². The molecule has 0 radical (unpaired) electrons. The zero-order valence-electron chi connectivity index (χ0n) is 16.6. The smallest absolute Gasteiger partial charge is 0.338 e. The summed E-state index contributed by atoms with van der Waals surface area (Å²) in [5, 5.41) is 4.62. The van der Waals surface area contributed by atoms with E-state index < -0.39 is 34.5 Å². The third kappa shape index (κ3) is 6.95. The summed E-state index contributed by atoms with van der Waals surface area (Å²) >= 11 is 5.82.